The second-order valence-corrected chi connectivity index (χ2v) is 8.70. The third kappa shape index (κ3) is 4.66. The minimum atomic E-state index is -1.31. The summed E-state index contributed by atoms with van der Waals surface area (Å²) in [6, 6.07) is 37.0. The van der Waals surface area contributed by atoms with E-state index in [1.165, 1.54) is 0 Å². The lowest BCUT2D eigenvalue weighted by molar-refractivity contribution is -0.143. The number of para-hydroxylation sites is 2. The molecule has 5 nitrogen and oxygen atoms in total. The molecule has 0 spiro atoms. The molecule has 2 N–H and O–H groups in total. The number of benzene rings is 4. The van der Waals surface area contributed by atoms with Gasteiger partial charge in [-0.15, -0.1) is 0 Å². The lowest BCUT2D eigenvalue weighted by Crippen LogP contribution is -2.49. The number of hydrogen-bond donors (Lipinski definition) is 2. The van der Waals surface area contributed by atoms with Crippen LogP contribution in [-0.2, 0) is 21.6 Å². The molecule has 4 aromatic carbocycles. The minimum Gasteiger partial charge on any atom is -0.356 e. The van der Waals surface area contributed by atoms with Crippen LogP contribution < -0.4 is 5.32 Å². The summed E-state index contributed by atoms with van der Waals surface area (Å²) < 4.78 is 6.37. The molecule has 0 fully saturated rings. The van der Waals surface area contributed by atoms with Gasteiger partial charge in [-0.1, -0.05) is 103 Å². The molecule has 5 rings (SSSR count). The van der Waals surface area contributed by atoms with Crippen LogP contribution in [0, 0.1) is 0 Å². The molecular weight excluding hydrogens is 446 g/mol. The fourth-order valence-corrected chi connectivity index (χ4v) is 4.69. The number of carbonyl (C=O) groups is 1. The van der Waals surface area contributed by atoms with Gasteiger partial charge in [-0.2, -0.15) is 0 Å². The highest BCUT2D eigenvalue weighted by atomic mass is 16.5. The van der Waals surface area contributed by atoms with E-state index < -0.39 is 5.60 Å². The number of nitrogens with one attached hydrogen (secondary N) is 2. The van der Waals surface area contributed by atoms with Gasteiger partial charge in [-0.3, -0.25) is 4.79 Å². The molecule has 0 bridgehead atoms. The molecule has 1 aromatic heterocycles. The Labute approximate surface area is 211 Å². The van der Waals surface area contributed by atoms with Crippen LogP contribution in [-0.4, -0.2) is 22.5 Å². The maximum Gasteiger partial charge on any atom is 0.262 e. The molecular formula is C31H29N3O2. The van der Waals surface area contributed by atoms with Crippen LogP contribution in [0.15, 0.2) is 115 Å². The summed E-state index contributed by atoms with van der Waals surface area (Å²) in [5, 5.41) is 3.31. The van der Waals surface area contributed by atoms with Crippen molar-refractivity contribution >= 4 is 16.9 Å². The molecule has 0 aliphatic carbocycles. The van der Waals surface area contributed by atoms with E-state index in [1.807, 2.05) is 110 Å². The largest absolute Gasteiger partial charge is 0.356 e. The highest BCUT2D eigenvalue weighted by Crippen LogP contribution is 2.35. The summed E-state index contributed by atoms with van der Waals surface area (Å²) in [7, 11) is 0. The van der Waals surface area contributed by atoms with Crippen molar-refractivity contribution in [3.63, 3.8) is 0 Å². The van der Waals surface area contributed by atoms with Gasteiger partial charge in [-0.05, 0) is 42.2 Å². The SMILES string of the molecule is CCOC(C(=O)N[C@@H](Cc1ccccc1)c1nc2ccccc2[nH]1)(c1ccccc1)c1ccccc1. The number of carbonyl (C=O) groups excluding carboxylic acids is 1. The molecule has 0 unspecified atom stereocenters. The molecule has 0 saturated heterocycles. The van der Waals surface area contributed by atoms with Gasteiger partial charge in [-0.25, -0.2) is 4.98 Å². The van der Waals surface area contributed by atoms with Gasteiger partial charge in [0.1, 0.15) is 5.82 Å². The van der Waals surface area contributed by atoms with Crippen LogP contribution in [0.25, 0.3) is 11.0 Å². The fraction of sp³-hybridized carbons (Fsp3) is 0.161. The number of fused-ring (bicyclic) bond motifs is 1. The highest BCUT2D eigenvalue weighted by Gasteiger charge is 2.44. The number of imidazole rings is 1. The van der Waals surface area contributed by atoms with Crippen LogP contribution >= 0.6 is 0 Å². The Morgan fingerprint density at radius 2 is 1.39 bits per heavy atom. The first-order chi connectivity index (χ1) is 17.7. The number of nitrogens with zero attached hydrogens (tertiary/aromatic N) is 1. The van der Waals surface area contributed by atoms with Gasteiger partial charge >= 0.3 is 0 Å². The van der Waals surface area contributed by atoms with Gasteiger partial charge < -0.3 is 15.0 Å². The molecule has 36 heavy (non-hydrogen) atoms. The number of ether oxygens (including phenoxy) is 1. The van der Waals surface area contributed by atoms with Crippen molar-refractivity contribution in [3.8, 4) is 0 Å². The number of aromatic nitrogens is 2. The number of H-pyrrole nitrogens is 1. The standard InChI is InChI=1S/C31H29N3O2/c1-2-36-31(24-16-8-4-9-17-24,25-18-10-5-11-19-25)30(35)34-28(22-23-14-6-3-7-15-23)29-32-26-20-12-13-21-27(26)33-29/h3-21,28H,2,22H2,1H3,(H,32,33)(H,34,35)/t28-/m0/s1. The van der Waals surface area contributed by atoms with Crippen molar-refractivity contribution in [2.75, 3.05) is 6.61 Å². The highest BCUT2D eigenvalue weighted by molar-refractivity contribution is 5.91. The zero-order valence-corrected chi connectivity index (χ0v) is 20.2. The Bertz CT molecular complexity index is 1340. The Morgan fingerprint density at radius 3 is 1.97 bits per heavy atom. The summed E-state index contributed by atoms with van der Waals surface area (Å²) in [6.45, 7) is 2.28. The third-order valence-electron chi connectivity index (χ3n) is 6.37. The molecule has 5 heteroatoms. The number of hydrogen-bond acceptors (Lipinski definition) is 3. The Balaban J connectivity index is 1.59. The van der Waals surface area contributed by atoms with Crippen LogP contribution in [0.2, 0.25) is 0 Å². The predicted molar refractivity (Wildman–Crippen MR) is 142 cm³/mol. The van der Waals surface area contributed by atoms with E-state index in [4.69, 9.17) is 9.72 Å². The van der Waals surface area contributed by atoms with E-state index in [0.717, 1.165) is 27.7 Å². The Hall–Kier alpha value is -4.22. The first-order valence-electron chi connectivity index (χ1n) is 12.2. The Morgan fingerprint density at radius 1 is 0.833 bits per heavy atom. The molecule has 0 aliphatic heterocycles. The molecule has 1 amide bonds. The maximum atomic E-state index is 14.4. The van der Waals surface area contributed by atoms with Gasteiger partial charge in [0, 0.05) is 6.61 Å². The van der Waals surface area contributed by atoms with E-state index >= 15 is 0 Å². The van der Waals surface area contributed by atoms with Crippen molar-refractivity contribution in [2.45, 2.75) is 25.0 Å². The summed E-state index contributed by atoms with van der Waals surface area (Å²) in [5.41, 5.74) is 3.14. The number of rotatable bonds is 9. The topological polar surface area (TPSA) is 67.0 Å². The normalized spacial score (nSPS) is 12.4. The quantitative estimate of drug-likeness (QED) is 0.277. The molecule has 5 aromatic rings. The fourth-order valence-electron chi connectivity index (χ4n) is 4.69. The van der Waals surface area contributed by atoms with Gasteiger partial charge in [0.25, 0.3) is 5.91 Å². The molecule has 1 atom stereocenters. The van der Waals surface area contributed by atoms with E-state index in [-0.39, 0.29) is 11.9 Å². The number of aromatic amines is 1. The second-order valence-electron chi connectivity index (χ2n) is 8.70. The smallest absolute Gasteiger partial charge is 0.262 e. The van der Waals surface area contributed by atoms with Crippen molar-refractivity contribution in [1.82, 2.24) is 15.3 Å². The van der Waals surface area contributed by atoms with Crippen molar-refractivity contribution < 1.29 is 9.53 Å². The predicted octanol–water partition coefficient (Wildman–Crippen LogP) is 5.94. The van der Waals surface area contributed by atoms with E-state index in [1.54, 1.807) is 0 Å². The number of amides is 1. The molecule has 0 saturated carbocycles. The zero-order valence-electron chi connectivity index (χ0n) is 20.2. The zero-order chi connectivity index (χ0) is 24.8. The first kappa shape index (κ1) is 23.5. The van der Waals surface area contributed by atoms with E-state index in [2.05, 4.69) is 22.4 Å². The summed E-state index contributed by atoms with van der Waals surface area (Å²) in [5.74, 6) is 0.475. The van der Waals surface area contributed by atoms with Crippen LogP contribution in [0.5, 0.6) is 0 Å². The van der Waals surface area contributed by atoms with Crippen molar-refractivity contribution in [2.24, 2.45) is 0 Å². The third-order valence-corrected chi connectivity index (χ3v) is 6.37. The first-order valence-corrected chi connectivity index (χ1v) is 12.2. The summed E-state index contributed by atoms with van der Waals surface area (Å²) >= 11 is 0. The van der Waals surface area contributed by atoms with Gasteiger partial charge in [0.15, 0.2) is 5.60 Å². The van der Waals surface area contributed by atoms with Gasteiger partial charge in [0.2, 0.25) is 0 Å². The average Bonchev–Trinajstić information content (AvgIpc) is 3.37. The second kappa shape index (κ2) is 10.6. The van der Waals surface area contributed by atoms with Crippen LogP contribution in [0.4, 0.5) is 0 Å². The minimum absolute atomic E-state index is 0.233. The van der Waals surface area contributed by atoms with Crippen LogP contribution in [0.3, 0.4) is 0 Å². The summed E-state index contributed by atoms with van der Waals surface area (Å²) in [4.78, 5) is 22.6. The van der Waals surface area contributed by atoms with Gasteiger partial charge in [0.05, 0.1) is 17.1 Å². The molecule has 1 heterocycles. The van der Waals surface area contributed by atoms with E-state index in [9.17, 15) is 4.79 Å². The average molecular weight is 476 g/mol. The van der Waals surface area contributed by atoms with Crippen molar-refractivity contribution in [1.29, 1.82) is 0 Å². The summed E-state index contributed by atoms with van der Waals surface area (Å²) in [6.07, 6.45) is 0.582. The Kier molecular flexibility index (Phi) is 6.92. The molecule has 180 valence electrons. The van der Waals surface area contributed by atoms with Crippen molar-refractivity contribution in [3.05, 3.63) is 138 Å². The lowest BCUT2D eigenvalue weighted by Gasteiger charge is -2.34. The lowest BCUT2D eigenvalue weighted by atomic mass is 9.84. The van der Waals surface area contributed by atoms with E-state index in [0.29, 0.717) is 18.9 Å². The maximum absolute atomic E-state index is 14.4. The molecule has 0 radical (unpaired) electrons. The monoisotopic (exact) mass is 475 g/mol. The molecule has 0 aliphatic rings. The van der Waals surface area contributed by atoms with Crippen LogP contribution in [0.1, 0.15) is 35.5 Å².